The highest BCUT2D eigenvalue weighted by Crippen LogP contribution is 2.25. The third-order valence-electron chi connectivity index (χ3n) is 3.31. The molecule has 0 fully saturated rings. The quantitative estimate of drug-likeness (QED) is 0.761. The molecule has 11 heteroatoms. The Labute approximate surface area is 156 Å². The predicted octanol–water partition coefficient (Wildman–Crippen LogP) is 1.49. The van der Waals surface area contributed by atoms with Gasteiger partial charge in [0.05, 0.1) is 21.0 Å². The molecule has 0 saturated carbocycles. The number of hydrogen-bond donors (Lipinski definition) is 2. The second kappa shape index (κ2) is 7.23. The first-order valence-corrected chi connectivity index (χ1v) is 10.5. The Bertz CT molecular complexity index is 1070. The molecule has 0 radical (unpaired) electrons. The number of amides is 1. The molecule has 0 aliphatic heterocycles. The summed E-state index contributed by atoms with van der Waals surface area (Å²) in [7, 11) is -5.23. The van der Waals surface area contributed by atoms with E-state index in [1.54, 1.807) is 0 Å². The summed E-state index contributed by atoms with van der Waals surface area (Å²) in [6, 6.07) is 8.69. The first-order chi connectivity index (χ1) is 11.9. The van der Waals surface area contributed by atoms with Crippen LogP contribution in [0, 0.1) is 0 Å². The lowest BCUT2D eigenvalue weighted by Crippen LogP contribution is -2.24. The molecular formula is C15H16ClN3O5S2. The van der Waals surface area contributed by atoms with Gasteiger partial charge in [0, 0.05) is 19.1 Å². The maximum Gasteiger partial charge on any atom is 0.261 e. The lowest BCUT2D eigenvalue weighted by Gasteiger charge is -2.16. The van der Waals surface area contributed by atoms with Gasteiger partial charge in [0.15, 0.2) is 0 Å². The molecule has 0 aliphatic rings. The molecule has 2 aromatic carbocycles. The largest absolute Gasteiger partial charge is 0.345 e. The number of hydrogen-bond acceptors (Lipinski definition) is 5. The van der Waals surface area contributed by atoms with Crippen LogP contribution in [0.2, 0.25) is 5.02 Å². The minimum Gasteiger partial charge on any atom is -0.345 e. The number of halogens is 1. The van der Waals surface area contributed by atoms with Crippen molar-refractivity contribution in [3.63, 3.8) is 0 Å². The van der Waals surface area contributed by atoms with Gasteiger partial charge in [-0.2, -0.15) is 0 Å². The smallest absolute Gasteiger partial charge is 0.261 e. The van der Waals surface area contributed by atoms with E-state index in [1.165, 1.54) is 55.4 Å². The summed E-state index contributed by atoms with van der Waals surface area (Å²) < 4.78 is 50.4. The minimum atomic E-state index is -4.19. The number of anilines is 1. The standard InChI is InChI=1S/C15H16ClN3O5S2/c1-19(2)15(20)13-7-6-10(16)8-14(13)18-26(23,24)12-5-3-4-11(9-12)25(17,21)22/h3-9,18H,1-2H3,(H2,17,21,22). The van der Waals surface area contributed by atoms with Crippen LogP contribution in [0.4, 0.5) is 5.69 Å². The van der Waals surface area contributed by atoms with E-state index in [1.807, 2.05) is 0 Å². The number of nitrogens with two attached hydrogens (primary N) is 1. The molecule has 2 aromatic rings. The predicted molar refractivity (Wildman–Crippen MR) is 98.1 cm³/mol. The van der Waals surface area contributed by atoms with Crippen LogP contribution in [0.3, 0.4) is 0 Å². The molecule has 0 spiro atoms. The van der Waals surface area contributed by atoms with Crippen LogP contribution in [0.15, 0.2) is 52.3 Å². The zero-order valence-electron chi connectivity index (χ0n) is 13.8. The van der Waals surface area contributed by atoms with Crippen molar-refractivity contribution in [3.05, 3.63) is 53.1 Å². The second-order valence-electron chi connectivity index (χ2n) is 5.51. The Morgan fingerprint density at radius 1 is 1.04 bits per heavy atom. The van der Waals surface area contributed by atoms with Gasteiger partial charge in [-0.1, -0.05) is 17.7 Å². The van der Waals surface area contributed by atoms with Crippen molar-refractivity contribution in [2.24, 2.45) is 5.14 Å². The first kappa shape index (κ1) is 20.2. The van der Waals surface area contributed by atoms with Gasteiger partial charge in [-0.05, 0) is 36.4 Å². The molecule has 26 heavy (non-hydrogen) atoms. The summed E-state index contributed by atoms with van der Waals surface area (Å²) in [5.74, 6) is -0.433. The van der Waals surface area contributed by atoms with Gasteiger partial charge in [-0.3, -0.25) is 9.52 Å². The number of carbonyl (C=O) groups is 1. The third-order valence-corrected chi connectivity index (χ3v) is 5.82. The topological polar surface area (TPSA) is 127 Å². The number of rotatable bonds is 5. The maximum atomic E-state index is 12.6. The van der Waals surface area contributed by atoms with Crippen molar-refractivity contribution < 1.29 is 21.6 Å². The molecule has 0 heterocycles. The molecule has 0 atom stereocenters. The van der Waals surface area contributed by atoms with Crippen molar-refractivity contribution in [2.75, 3.05) is 18.8 Å². The highest BCUT2D eigenvalue weighted by Gasteiger charge is 2.21. The van der Waals surface area contributed by atoms with Crippen molar-refractivity contribution in [1.82, 2.24) is 4.90 Å². The SMILES string of the molecule is CN(C)C(=O)c1ccc(Cl)cc1NS(=O)(=O)c1cccc(S(N)(=O)=O)c1. The number of primary sulfonamides is 1. The average molecular weight is 418 g/mol. The van der Waals surface area contributed by atoms with E-state index < -0.39 is 26.0 Å². The number of nitrogens with zero attached hydrogens (tertiary/aromatic N) is 1. The molecular weight excluding hydrogens is 402 g/mol. The van der Waals surface area contributed by atoms with Gasteiger partial charge >= 0.3 is 0 Å². The van der Waals surface area contributed by atoms with Crippen LogP contribution >= 0.6 is 11.6 Å². The summed E-state index contributed by atoms with van der Waals surface area (Å²) in [5.41, 5.74) is 0.0581. The monoisotopic (exact) mass is 417 g/mol. The second-order valence-corrected chi connectivity index (χ2v) is 9.20. The Morgan fingerprint density at radius 2 is 1.65 bits per heavy atom. The molecule has 8 nitrogen and oxygen atoms in total. The van der Waals surface area contributed by atoms with Crippen LogP contribution in [-0.4, -0.2) is 41.7 Å². The Balaban J connectivity index is 2.51. The molecule has 140 valence electrons. The fourth-order valence-electron chi connectivity index (χ4n) is 2.05. The summed E-state index contributed by atoms with van der Waals surface area (Å²) in [4.78, 5) is 12.8. The van der Waals surface area contributed by atoms with E-state index in [4.69, 9.17) is 16.7 Å². The van der Waals surface area contributed by atoms with Crippen molar-refractivity contribution >= 4 is 43.2 Å². The third kappa shape index (κ3) is 4.52. The molecule has 0 unspecified atom stereocenters. The van der Waals surface area contributed by atoms with Crippen molar-refractivity contribution in [2.45, 2.75) is 9.79 Å². The van der Waals surface area contributed by atoms with E-state index >= 15 is 0 Å². The van der Waals surface area contributed by atoms with Gasteiger partial charge in [0.2, 0.25) is 10.0 Å². The lowest BCUT2D eigenvalue weighted by atomic mass is 10.1. The number of sulfonamides is 2. The molecule has 1 amide bonds. The van der Waals surface area contributed by atoms with Crippen LogP contribution < -0.4 is 9.86 Å². The van der Waals surface area contributed by atoms with Crippen LogP contribution in [0.5, 0.6) is 0 Å². The van der Waals surface area contributed by atoms with Gasteiger partial charge < -0.3 is 4.90 Å². The summed E-state index contributed by atoms with van der Waals surface area (Å²) in [6.07, 6.45) is 0. The minimum absolute atomic E-state index is 0.0304. The highest BCUT2D eigenvalue weighted by atomic mass is 35.5. The zero-order valence-corrected chi connectivity index (χ0v) is 16.2. The van der Waals surface area contributed by atoms with E-state index in [2.05, 4.69) is 4.72 Å². The number of benzene rings is 2. The van der Waals surface area contributed by atoms with Gasteiger partial charge in [0.1, 0.15) is 0 Å². The van der Waals surface area contributed by atoms with Crippen molar-refractivity contribution in [3.8, 4) is 0 Å². The summed E-state index contributed by atoms with van der Waals surface area (Å²) >= 11 is 5.91. The van der Waals surface area contributed by atoms with Crippen LogP contribution in [0.25, 0.3) is 0 Å². The lowest BCUT2D eigenvalue weighted by molar-refractivity contribution is 0.0828. The van der Waals surface area contributed by atoms with Gasteiger partial charge in [-0.15, -0.1) is 0 Å². The average Bonchev–Trinajstić information content (AvgIpc) is 2.53. The van der Waals surface area contributed by atoms with Gasteiger partial charge in [0.25, 0.3) is 15.9 Å². The number of carbonyl (C=O) groups excluding carboxylic acids is 1. The molecule has 0 aliphatic carbocycles. The fourth-order valence-corrected chi connectivity index (χ4v) is 3.97. The molecule has 2 rings (SSSR count). The summed E-state index contributed by atoms with van der Waals surface area (Å²) in [5, 5.41) is 5.25. The maximum absolute atomic E-state index is 12.6. The molecule has 0 aromatic heterocycles. The Morgan fingerprint density at radius 3 is 2.23 bits per heavy atom. The molecule has 0 bridgehead atoms. The van der Waals surface area contributed by atoms with E-state index in [9.17, 15) is 21.6 Å². The van der Waals surface area contributed by atoms with E-state index in [0.29, 0.717) is 0 Å². The molecule has 0 saturated heterocycles. The van der Waals surface area contributed by atoms with E-state index in [0.717, 1.165) is 6.07 Å². The fraction of sp³-hybridized carbons (Fsp3) is 0.133. The normalized spacial score (nSPS) is 11.8. The Hall–Kier alpha value is -2.14. The van der Waals surface area contributed by atoms with E-state index in [-0.39, 0.29) is 26.1 Å². The summed E-state index contributed by atoms with van der Waals surface area (Å²) in [6.45, 7) is 0. The van der Waals surface area contributed by atoms with Gasteiger partial charge in [-0.25, -0.2) is 22.0 Å². The zero-order chi connectivity index (χ0) is 19.7. The van der Waals surface area contributed by atoms with Crippen LogP contribution in [-0.2, 0) is 20.0 Å². The van der Waals surface area contributed by atoms with Crippen molar-refractivity contribution in [1.29, 1.82) is 0 Å². The first-order valence-electron chi connectivity index (χ1n) is 7.09. The Kier molecular flexibility index (Phi) is 5.61. The molecule has 3 N–H and O–H groups in total. The van der Waals surface area contributed by atoms with Crippen LogP contribution in [0.1, 0.15) is 10.4 Å². The highest BCUT2D eigenvalue weighted by molar-refractivity contribution is 7.93. The number of nitrogens with one attached hydrogen (secondary N) is 1.